The Morgan fingerprint density at radius 1 is 0.326 bits per heavy atom. The SMILES string of the molecule is CC/C=C\C/C=C\C/C=C\C/C=C\CCCCCCCCCCCCCCCCCCCCCCC(=O)OC(COC(=O)CCCCCCCCCCCCCCCCCCCCCCCCCCCCCCCCCCCCCCC)COC(OCC[N+](C)(C)C)C(=O)O. The first-order valence-corrected chi connectivity index (χ1v) is 41.8. The summed E-state index contributed by atoms with van der Waals surface area (Å²) in [4.78, 5) is 37.8. The van der Waals surface area contributed by atoms with Crippen LogP contribution in [0.4, 0.5) is 0 Å². The van der Waals surface area contributed by atoms with Crippen LogP contribution in [0.1, 0.15) is 425 Å². The molecule has 95 heavy (non-hydrogen) atoms. The summed E-state index contributed by atoms with van der Waals surface area (Å²) in [7, 11) is 6.00. The van der Waals surface area contributed by atoms with Crippen molar-refractivity contribution in [1.29, 1.82) is 0 Å². The van der Waals surface area contributed by atoms with Crippen LogP contribution in [-0.4, -0.2) is 87.4 Å². The maximum absolute atomic E-state index is 13.0. The van der Waals surface area contributed by atoms with E-state index in [2.05, 4.69) is 62.5 Å². The van der Waals surface area contributed by atoms with E-state index < -0.39 is 18.4 Å². The minimum absolute atomic E-state index is 0.175. The molecule has 558 valence electrons. The van der Waals surface area contributed by atoms with E-state index in [4.69, 9.17) is 18.9 Å². The summed E-state index contributed by atoms with van der Waals surface area (Å²) in [5.74, 6) is -1.97. The van der Waals surface area contributed by atoms with Crippen molar-refractivity contribution in [2.24, 2.45) is 0 Å². The Balaban J connectivity index is 3.93. The summed E-state index contributed by atoms with van der Waals surface area (Å²) in [6, 6.07) is 0. The van der Waals surface area contributed by atoms with Crippen molar-refractivity contribution in [2.75, 3.05) is 47.5 Å². The van der Waals surface area contributed by atoms with E-state index in [1.54, 1.807) is 0 Å². The van der Waals surface area contributed by atoms with E-state index in [1.807, 2.05) is 21.1 Å². The number of hydrogen-bond acceptors (Lipinski definition) is 7. The monoisotopic (exact) mass is 1340 g/mol. The second kappa shape index (κ2) is 77.0. The number of aliphatic carboxylic acids is 1. The summed E-state index contributed by atoms with van der Waals surface area (Å²) in [5, 5.41) is 9.78. The molecule has 0 aliphatic carbocycles. The van der Waals surface area contributed by atoms with Crippen molar-refractivity contribution in [3.05, 3.63) is 48.6 Å². The molecule has 0 heterocycles. The molecule has 0 saturated heterocycles. The number of rotatable bonds is 79. The quantitative estimate of drug-likeness (QED) is 0.0211. The molecule has 9 nitrogen and oxygen atoms in total. The molecular formula is C86H162NO8+. The molecule has 0 aliphatic heterocycles. The minimum atomic E-state index is -1.51. The average molecular weight is 1340 g/mol. The topological polar surface area (TPSA) is 108 Å². The first-order chi connectivity index (χ1) is 46.6. The number of hydrogen-bond donors (Lipinski definition) is 1. The van der Waals surface area contributed by atoms with Crippen LogP contribution in [0.2, 0.25) is 0 Å². The van der Waals surface area contributed by atoms with Gasteiger partial charge >= 0.3 is 17.9 Å². The van der Waals surface area contributed by atoms with Crippen LogP contribution in [0.15, 0.2) is 48.6 Å². The number of carboxylic acid groups (broad SMARTS) is 1. The highest BCUT2D eigenvalue weighted by molar-refractivity contribution is 5.71. The predicted molar refractivity (Wildman–Crippen MR) is 410 cm³/mol. The van der Waals surface area contributed by atoms with E-state index >= 15 is 0 Å². The van der Waals surface area contributed by atoms with Crippen LogP contribution in [0.3, 0.4) is 0 Å². The highest BCUT2D eigenvalue weighted by atomic mass is 16.7. The fourth-order valence-corrected chi connectivity index (χ4v) is 12.8. The molecule has 0 spiro atoms. The smallest absolute Gasteiger partial charge is 0.361 e. The molecule has 2 unspecified atom stereocenters. The van der Waals surface area contributed by atoms with Gasteiger partial charge in [0.15, 0.2) is 6.10 Å². The Labute approximate surface area is 591 Å². The third-order valence-corrected chi connectivity index (χ3v) is 19.1. The maximum Gasteiger partial charge on any atom is 0.361 e. The summed E-state index contributed by atoms with van der Waals surface area (Å²) < 4.78 is 23.1. The van der Waals surface area contributed by atoms with Crippen molar-refractivity contribution in [3.63, 3.8) is 0 Å². The second-order valence-electron chi connectivity index (χ2n) is 29.8. The summed E-state index contributed by atoms with van der Waals surface area (Å²) in [6.07, 6.45) is 98.7. The number of nitrogens with zero attached hydrogens (tertiary/aromatic N) is 1. The molecule has 9 heteroatoms. The molecule has 0 aromatic carbocycles. The van der Waals surface area contributed by atoms with E-state index in [1.165, 1.54) is 334 Å². The molecule has 2 atom stereocenters. The van der Waals surface area contributed by atoms with Gasteiger partial charge in [-0.15, -0.1) is 0 Å². The largest absolute Gasteiger partial charge is 0.477 e. The Hall–Kier alpha value is -2.75. The van der Waals surface area contributed by atoms with Crippen LogP contribution in [0.5, 0.6) is 0 Å². The minimum Gasteiger partial charge on any atom is -0.477 e. The van der Waals surface area contributed by atoms with Crippen molar-refractivity contribution in [1.82, 2.24) is 0 Å². The Bertz CT molecular complexity index is 1700. The van der Waals surface area contributed by atoms with Gasteiger partial charge in [-0.1, -0.05) is 409 Å². The Kier molecular flexibility index (Phi) is 74.8. The van der Waals surface area contributed by atoms with Crippen molar-refractivity contribution in [3.8, 4) is 0 Å². The third-order valence-electron chi connectivity index (χ3n) is 19.1. The maximum atomic E-state index is 13.0. The number of carbonyl (C=O) groups is 3. The molecule has 0 aliphatic rings. The molecular weight excluding hydrogens is 1170 g/mol. The fourth-order valence-electron chi connectivity index (χ4n) is 12.8. The summed E-state index contributed by atoms with van der Waals surface area (Å²) in [6.45, 7) is 4.85. The zero-order chi connectivity index (χ0) is 69.0. The molecule has 0 bridgehead atoms. The second-order valence-corrected chi connectivity index (χ2v) is 29.8. The van der Waals surface area contributed by atoms with Crippen molar-refractivity contribution < 1.29 is 42.9 Å². The van der Waals surface area contributed by atoms with Gasteiger partial charge < -0.3 is 28.5 Å². The van der Waals surface area contributed by atoms with Gasteiger partial charge in [0.05, 0.1) is 34.4 Å². The van der Waals surface area contributed by atoms with Crippen LogP contribution in [0, 0.1) is 0 Å². The Morgan fingerprint density at radius 2 is 0.600 bits per heavy atom. The number of ether oxygens (including phenoxy) is 4. The number of likely N-dealkylation sites (N-methyl/N-ethyl adjacent to an activating group) is 1. The van der Waals surface area contributed by atoms with Crippen LogP contribution in [-0.2, 0) is 33.3 Å². The van der Waals surface area contributed by atoms with Crippen LogP contribution < -0.4 is 0 Å². The average Bonchev–Trinajstić information content (AvgIpc) is 3.75. The van der Waals surface area contributed by atoms with Crippen molar-refractivity contribution >= 4 is 17.9 Å². The molecule has 0 saturated carbocycles. The van der Waals surface area contributed by atoms with E-state index in [0.29, 0.717) is 17.4 Å². The molecule has 0 rings (SSSR count). The lowest BCUT2D eigenvalue weighted by Crippen LogP contribution is -2.40. The van der Waals surface area contributed by atoms with Gasteiger partial charge in [-0.25, -0.2) is 4.79 Å². The van der Waals surface area contributed by atoms with E-state index in [0.717, 1.165) is 64.2 Å². The van der Waals surface area contributed by atoms with Gasteiger partial charge in [-0.3, -0.25) is 9.59 Å². The number of carboxylic acids is 1. The highest BCUT2D eigenvalue weighted by Gasteiger charge is 2.25. The number of quaternary nitrogens is 1. The van der Waals surface area contributed by atoms with E-state index in [-0.39, 0.29) is 38.2 Å². The highest BCUT2D eigenvalue weighted by Crippen LogP contribution is 2.21. The molecule has 1 N–H and O–H groups in total. The molecule has 0 fully saturated rings. The molecule has 0 aromatic rings. The number of unbranched alkanes of at least 4 members (excludes halogenated alkanes) is 56. The van der Waals surface area contributed by atoms with Gasteiger partial charge in [0.25, 0.3) is 6.29 Å². The van der Waals surface area contributed by atoms with Gasteiger partial charge in [-0.2, -0.15) is 0 Å². The molecule has 0 radical (unpaired) electrons. The fraction of sp³-hybridized carbons (Fsp3) is 0.872. The first kappa shape index (κ1) is 92.2. The normalized spacial score (nSPS) is 12.8. The number of esters is 2. The van der Waals surface area contributed by atoms with Crippen LogP contribution >= 0.6 is 0 Å². The predicted octanol–water partition coefficient (Wildman–Crippen LogP) is 26.8. The Morgan fingerprint density at radius 3 is 0.895 bits per heavy atom. The zero-order valence-corrected chi connectivity index (χ0v) is 64.1. The standard InChI is InChI=1S/C86H161NO8/c1-6-8-10-12-14-16-18-20-22-24-26-28-30-32-34-36-38-40-41-42-43-45-46-48-50-52-54-56-58-60-62-64-66-68-70-72-74-76-83(88)93-80-82(81-94-86(85(90)91)92-79-78-87(3,4)5)95-84(89)77-75-73-71-69-67-65-63-61-59-57-55-53-51-49-47-44-39-37-35-33-31-29-27-25-23-21-19-17-15-13-11-9-7-2/h9,11,15,17,21,23,27,29,82,86H,6-8,10,12-14,16,18-20,22,24-26,28,30-81H2,1-5H3/p+1/b11-9-,17-15-,23-21-,29-27-. The summed E-state index contributed by atoms with van der Waals surface area (Å²) in [5.41, 5.74) is 0. The van der Waals surface area contributed by atoms with Gasteiger partial charge in [0.1, 0.15) is 13.2 Å². The lowest BCUT2D eigenvalue weighted by atomic mass is 10.0. The van der Waals surface area contributed by atoms with Gasteiger partial charge in [0.2, 0.25) is 0 Å². The van der Waals surface area contributed by atoms with E-state index in [9.17, 15) is 19.5 Å². The molecule has 0 amide bonds. The molecule has 0 aromatic heterocycles. The summed E-state index contributed by atoms with van der Waals surface area (Å²) >= 11 is 0. The number of carbonyl (C=O) groups excluding carboxylic acids is 2. The lowest BCUT2D eigenvalue weighted by molar-refractivity contribution is -0.870. The van der Waals surface area contributed by atoms with Gasteiger partial charge in [-0.05, 0) is 51.4 Å². The lowest BCUT2D eigenvalue weighted by Gasteiger charge is -2.25. The third kappa shape index (κ3) is 78.5. The first-order valence-electron chi connectivity index (χ1n) is 41.8. The zero-order valence-electron chi connectivity index (χ0n) is 64.1. The van der Waals surface area contributed by atoms with Gasteiger partial charge in [0, 0.05) is 12.8 Å². The number of allylic oxidation sites excluding steroid dienone is 8. The van der Waals surface area contributed by atoms with Crippen LogP contribution in [0.25, 0.3) is 0 Å². The van der Waals surface area contributed by atoms with Crippen molar-refractivity contribution in [2.45, 2.75) is 437 Å².